The van der Waals surface area contributed by atoms with E-state index >= 15 is 0 Å². The standard InChI is InChI=1S/C20H19Cl2N/c1-2-12-9-10-18-16(11-12)13-5-3-6-14(13)20(23-18)15-7-4-8-17(21)19(15)22/h3-5,7-11,13-14,20,23H,2,6H2,1H3/t13-,14-,20+/m1/s1. The van der Waals surface area contributed by atoms with Crippen molar-refractivity contribution in [3.8, 4) is 0 Å². The van der Waals surface area contributed by atoms with Gasteiger partial charge >= 0.3 is 0 Å². The molecule has 1 N–H and O–H groups in total. The summed E-state index contributed by atoms with van der Waals surface area (Å²) in [5.41, 5.74) is 5.13. The molecule has 3 heteroatoms. The van der Waals surface area contributed by atoms with Crippen LogP contribution in [0.25, 0.3) is 0 Å². The third kappa shape index (κ3) is 2.47. The highest BCUT2D eigenvalue weighted by atomic mass is 35.5. The van der Waals surface area contributed by atoms with Gasteiger partial charge in [-0.1, -0.05) is 66.5 Å². The number of hydrogen-bond donors (Lipinski definition) is 1. The number of benzene rings is 2. The van der Waals surface area contributed by atoms with E-state index in [-0.39, 0.29) is 6.04 Å². The summed E-state index contributed by atoms with van der Waals surface area (Å²) in [5, 5.41) is 5.02. The molecule has 3 atom stereocenters. The number of aryl methyl sites for hydroxylation is 1. The number of allylic oxidation sites excluding steroid dienone is 2. The highest BCUT2D eigenvalue weighted by molar-refractivity contribution is 6.42. The molecule has 0 spiro atoms. The van der Waals surface area contributed by atoms with Gasteiger partial charge < -0.3 is 5.32 Å². The van der Waals surface area contributed by atoms with E-state index in [1.807, 2.05) is 12.1 Å². The number of hydrogen-bond acceptors (Lipinski definition) is 1. The second-order valence-corrected chi connectivity index (χ2v) is 7.18. The Morgan fingerprint density at radius 1 is 1.13 bits per heavy atom. The van der Waals surface area contributed by atoms with Crippen molar-refractivity contribution in [1.82, 2.24) is 0 Å². The Bertz CT molecular complexity index is 781. The molecule has 2 aromatic rings. The zero-order valence-electron chi connectivity index (χ0n) is 13.0. The molecule has 0 amide bonds. The molecular weight excluding hydrogens is 325 g/mol. The largest absolute Gasteiger partial charge is 0.378 e. The van der Waals surface area contributed by atoms with Crippen LogP contribution in [-0.4, -0.2) is 0 Å². The number of rotatable bonds is 2. The van der Waals surface area contributed by atoms with Crippen molar-refractivity contribution in [1.29, 1.82) is 0 Å². The van der Waals surface area contributed by atoms with Gasteiger partial charge in [-0.25, -0.2) is 0 Å². The maximum absolute atomic E-state index is 6.50. The predicted molar refractivity (Wildman–Crippen MR) is 98.6 cm³/mol. The smallest absolute Gasteiger partial charge is 0.0645 e. The average molecular weight is 344 g/mol. The minimum Gasteiger partial charge on any atom is -0.378 e. The van der Waals surface area contributed by atoms with E-state index in [2.05, 4.69) is 48.7 Å². The normalized spacial score (nSPS) is 24.9. The van der Waals surface area contributed by atoms with Crippen molar-refractivity contribution in [3.63, 3.8) is 0 Å². The van der Waals surface area contributed by atoms with Crippen LogP contribution in [0, 0.1) is 5.92 Å². The fourth-order valence-corrected chi connectivity index (χ4v) is 4.36. The molecule has 118 valence electrons. The molecule has 0 fully saturated rings. The first-order chi connectivity index (χ1) is 11.2. The summed E-state index contributed by atoms with van der Waals surface area (Å²) in [7, 11) is 0. The third-order valence-corrected chi connectivity index (χ3v) is 5.99. The lowest BCUT2D eigenvalue weighted by atomic mass is 9.76. The van der Waals surface area contributed by atoms with Crippen molar-refractivity contribution in [2.45, 2.75) is 31.7 Å². The van der Waals surface area contributed by atoms with Crippen LogP contribution < -0.4 is 5.32 Å². The van der Waals surface area contributed by atoms with Gasteiger partial charge in [-0.15, -0.1) is 0 Å². The monoisotopic (exact) mass is 343 g/mol. The summed E-state index contributed by atoms with van der Waals surface area (Å²) in [6.45, 7) is 2.20. The minimum atomic E-state index is 0.196. The third-order valence-electron chi connectivity index (χ3n) is 5.15. The Morgan fingerprint density at radius 3 is 2.83 bits per heavy atom. The summed E-state index contributed by atoms with van der Waals surface area (Å²) in [6.07, 6.45) is 6.80. The molecule has 1 aliphatic carbocycles. The van der Waals surface area contributed by atoms with E-state index in [4.69, 9.17) is 23.2 Å². The van der Waals surface area contributed by atoms with Crippen LogP contribution in [0.3, 0.4) is 0 Å². The number of nitrogens with one attached hydrogen (secondary N) is 1. The molecule has 2 aromatic carbocycles. The van der Waals surface area contributed by atoms with Crippen LogP contribution in [0.4, 0.5) is 5.69 Å². The van der Waals surface area contributed by atoms with Crippen molar-refractivity contribution < 1.29 is 0 Å². The van der Waals surface area contributed by atoms with Crippen LogP contribution in [0.5, 0.6) is 0 Å². The summed E-state index contributed by atoms with van der Waals surface area (Å²) < 4.78 is 0. The van der Waals surface area contributed by atoms with Crippen LogP contribution in [0.2, 0.25) is 10.0 Å². The Kier molecular flexibility index (Phi) is 3.87. The highest BCUT2D eigenvalue weighted by Crippen LogP contribution is 2.51. The number of halogens is 2. The molecule has 1 aliphatic heterocycles. The molecule has 4 rings (SSSR count). The Hall–Kier alpha value is -1.44. The van der Waals surface area contributed by atoms with Gasteiger partial charge in [-0.3, -0.25) is 0 Å². The van der Waals surface area contributed by atoms with Gasteiger partial charge in [0.1, 0.15) is 0 Å². The second kappa shape index (κ2) is 5.89. The summed E-state index contributed by atoms with van der Waals surface area (Å²) in [4.78, 5) is 0. The maximum Gasteiger partial charge on any atom is 0.0645 e. The molecule has 23 heavy (non-hydrogen) atoms. The van der Waals surface area contributed by atoms with E-state index < -0.39 is 0 Å². The van der Waals surface area contributed by atoms with Crippen molar-refractivity contribution in [3.05, 3.63) is 75.3 Å². The van der Waals surface area contributed by atoms with E-state index in [1.54, 1.807) is 0 Å². The van der Waals surface area contributed by atoms with Crippen molar-refractivity contribution in [2.24, 2.45) is 5.92 Å². The van der Waals surface area contributed by atoms with Crippen LogP contribution in [0.15, 0.2) is 48.6 Å². The molecule has 0 unspecified atom stereocenters. The van der Waals surface area contributed by atoms with Gasteiger partial charge in [0.15, 0.2) is 0 Å². The molecule has 0 aromatic heterocycles. The molecular formula is C20H19Cl2N. The van der Waals surface area contributed by atoms with Gasteiger partial charge in [-0.05, 0) is 47.6 Å². The van der Waals surface area contributed by atoms with Gasteiger partial charge in [0.05, 0.1) is 16.1 Å². The van der Waals surface area contributed by atoms with E-state index in [1.165, 1.54) is 16.8 Å². The van der Waals surface area contributed by atoms with E-state index in [0.717, 1.165) is 18.4 Å². The summed E-state index contributed by atoms with van der Waals surface area (Å²) in [6, 6.07) is 12.9. The number of fused-ring (bicyclic) bond motifs is 3. The Balaban J connectivity index is 1.81. The molecule has 1 nitrogen and oxygen atoms in total. The van der Waals surface area contributed by atoms with E-state index in [0.29, 0.717) is 21.9 Å². The number of anilines is 1. The molecule has 1 heterocycles. The second-order valence-electron chi connectivity index (χ2n) is 6.39. The zero-order valence-corrected chi connectivity index (χ0v) is 14.5. The van der Waals surface area contributed by atoms with Crippen LogP contribution in [-0.2, 0) is 6.42 Å². The van der Waals surface area contributed by atoms with Crippen molar-refractivity contribution in [2.75, 3.05) is 5.32 Å². The molecule has 0 saturated carbocycles. The van der Waals surface area contributed by atoms with Gasteiger partial charge in [0, 0.05) is 11.6 Å². The Morgan fingerprint density at radius 2 is 2.00 bits per heavy atom. The van der Waals surface area contributed by atoms with Crippen LogP contribution >= 0.6 is 23.2 Å². The molecule has 0 radical (unpaired) electrons. The minimum absolute atomic E-state index is 0.196. The first-order valence-electron chi connectivity index (χ1n) is 8.19. The lowest BCUT2D eigenvalue weighted by Gasteiger charge is -2.38. The summed E-state index contributed by atoms with van der Waals surface area (Å²) >= 11 is 12.7. The first-order valence-corrected chi connectivity index (χ1v) is 8.94. The first kappa shape index (κ1) is 15.1. The SMILES string of the molecule is CCc1ccc2c(c1)[C@@H]1C=CC[C@H]1[C@@H](c1cccc(Cl)c1Cl)N2. The summed E-state index contributed by atoms with van der Waals surface area (Å²) in [5.74, 6) is 0.948. The molecule has 2 aliphatic rings. The topological polar surface area (TPSA) is 12.0 Å². The average Bonchev–Trinajstić information content (AvgIpc) is 3.06. The fourth-order valence-electron chi connectivity index (χ4n) is 3.93. The highest BCUT2D eigenvalue weighted by Gasteiger charge is 2.38. The fraction of sp³-hybridized carbons (Fsp3) is 0.300. The maximum atomic E-state index is 6.50. The predicted octanol–water partition coefficient (Wildman–Crippen LogP) is 6.38. The van der Waals surface area contributed by atoms with Crippen molar-refractivity contribution >= 4 is 28.9 Å². The van der Waals surface area contributed by atoms with Gasteiger partial charge in [0.25, 0.3) is 0 Å². The van der Waals surface area contributed by atoms with Gasteiger partial charge in [0.2, 0.25) is 0 Å². The molecule has 0 saturated heterocycles. The molecule has 0 bridgehead atoms. The van der Waals surface area contributed by atoms with E-state index in [9.17, 15) is 0 Å². The quantitative estimate of drug-likeness (QED) is 0.623. The lowest BCUT2D eigenvalue weighted by molar-refractivity contribution is 0.425. The van der Waals surface area contributed by atoms with Gasteiger partial charge in [-0.2, -0.15) is 0 Å². The zero-order chi connectivity index (χ0) is 16.0. The van der Waals surface area contributed by atoms with Crippen LogP contribution in [0.1, 0.15) is 42.0 Å². The lowest BCUT2D eigenvalue weighted by Crippen LogP contribution is -2.29. The Labute approximate surface area is 147 Å².